The second-order valence-electron chi connectivity index (χ2n) is 6.50. The molecule has 0 bridgehead atoms. The molecule has 0 saturated heterocycles. The predicted molar refractivity (Wildman–Crippen MR) is 117 cm³/mol. The Kier molecular flexibility index (Phi) is 6.97. The number of allylic oxidation sites excluding steroid dienone is 1. The van der Waals surface area contributed by atoms with Gasteiger partial charge in [0.15, 0.2) is 5.78 Å². The van der Waals surface area contributed by atoms with Crippen LogP contribution < -0.4 is 14.2 Å². The van der Waals surface area contributed by atoms with Crippen molar-refractivity contribution in [2.24, 2.45) is 0 Å². The van der Waals surface area contributed by atoms with Gasteiger partial charge >= 0.3 is 5.97 Å². The Morgan fingerprint density at radius 2 is 1.62 bits per heavy atom. The van der Waals surface area contributed by atoms with E-state index in [0.717, 1.165) is 0 Å². The van der Waals surface area contributed by atoms with E-state index in [1.54, 1.807) is 24.3 Å². The summed E-state index contributed by atoms with van der Waals surface area (Å²) in [7, 11) is 2.98. The van der Waals surface area contributed by atoms with Crippen molar-refractivity contribution in [1.29, 1.82) is 0 Å². The van der Waals surface area contributed by atoms with E-state index in [1.165, 1.54) is 56.7 Å². The summed E-state index contributed by atoms with van der Waals surface area (Å²) in [4.78, 5) is 35.6. The summed E-state index contributed by atoms with van der Waals surface area (Å²) in [6.07, 6.45) is 2.95. The Morgan fingerprint density at radius 1 is 0.906 bits per heavy atom. The molecule has 0 aliphatic rings. The molecule has 0 aliphatic heterocycles. The molecule has 0 aromatic heterocycles. The van der Waals surface area contributed by atoms with Crippen LogP contribution in [0.25, 0.3) is 6.08 Å². The maximum Gasteiger partial charge on any atom is 0.343 e. The van der Waals surface area contributed by atoms with E-state index in [1.807, 2.05) is 12.1 Å². The molecule has 0 aliphatic carbocycles. The van der Waals surface area contributed by atoms with Gasteiger partial charge in [0.25, 0.3) is 5.69 Å². The molecule has 3 aromatic carbocycles. The fourth-order valence-electron chi connectivity index (χ4n) is 2.86. The summed E-state index contributed by atoms with van der Waals surface area (Å²) in [5.41, 5.74) is 0.801. The Labute approximate surface area is 183 Å². The number of benzene rings is 3. The highest BCUT2D eigenvalue weighted by molar-refractivity contribution is 6.09. The van der Waals surface area contributed by atoms with Crippen molar-refractivity contribution in [3.8, 4) is 17.2 Å². The molecular formula is C24H19NO7. The summed E-state index contributed by atoms with van der Waals surface area (Å²) in [5, 5.41) is 10.8. The molecule has 0 fully saturated rings. The molecule has 0 heterocycles. The molecule has 0 atom stereocenters. The van der Waals surface area contributed by atoms with Crippen molar-refractivity contribution >= 4 is 23.5 Å². The molecule has 3 rings (SSSR count). The number of nitro benzene ring substituents is 1. The molecule has 0 spiro atoms. The number of carbonyl (C=O) groups excluding carboxylic acids is 2. The second kappa shape index (κ2) is 10.0. The zero-order chi connectivity index (χ0) is 23.1. The van der Waals surface area contributed by atoms with Crippen molar-refractivity contribution in [2.75, 3.05) is 14.2 Å². The van der Waals surface area contributed by atoms with E-state index in [4.69, 9.17) is 14.2 Å². The van der Waals surface area contributed by atoms with Gasteiger partial charge in [0.2, 0.25) is 0 Å². The van der Waals surface area contributed by atoms with Crippen LogP contribution in [0.3, 0.4) is 0 Å². The maximum absolute atomic E-state index is 12.8. The van der Waals surface area contributed by atoms with E-state index >= 15 is 0 Å². The highest BCUT2D eigenvalue weighted by atomic mass is 16.6. The Balaban J connectivity index is 1.87. The number of non-ortho nitro benzene ring substituents is 1. The monoisotopic (exact) mass is 433 g/mol. The summed E-state index contributed by atoms with van der Waals surface area (Å²) in [6.45, 7) is 0. The number of hydrogen-bond donors (Lipinski definition) is 0. The van der Waals surface area contributed by atoms with E-state index in [0.29, 0.717) is 17.1 Å². The Hall–Kier alpha value is -4.46. The van der Waals surface area contributed by atoms with Crippen LogP contribution in [-0.2, 0) is 0 Å². The minimum absolute atomic E-state index is 0.00220. The van der Waals surface area contributed by atoms with Crippen LogP contribution >= 0.6 is 0 Å². The standard InChI is InChI=1S/C24H19NO7/c1-30-19-12-13-20(21(26)14-9-16-5-3-4-6-22(16)31-2)23(15-19)32-24(27)17-7-10-18(11-8-17)25(28)29/h3-15H,1-2H3/b14-9+. The van der Waals surface area contributed by atoms with Crippen LogP contribution in [0.15, 0.2) is 72.8 Å². The molecule has 32 heavy (non-hydrogen) atoms. The van der Waals surface area contributed by atoms with Crippen molar-refractivity contribution < 1.29 is 28.7 Å². The minimum atomic E-state index is -0.768. The molecule has 162 valence electrons. The third-order valence-electron chi connectivity index (χ3n) is 4.52. The lowest BCUT2D eigenvalue weighted by Crippen LogP contribution is -2.11. The smallest absolute Gasteiger partial charge is 0.343 e. The van der Waals surface area contributed by atoms with Gasteiger partial charge in [-0.3, -0.25) is 14.9 Å². The highest BCUT2D eigenvalue weighted by Crippen LogP contribution is 2.27. The Morgan fingerprint density at radius 3 is 2.28 bits per heavy atom. The lowest BCUT2D eigenvalue weighted by Gasteiger charge is -2.10. The van der Waals surface area contributed by atoms with E-state index < -0.39 is 16.7 Å². The molecule has 0 N–H and O–H groups in total. The van der Waals surface area contributed by atoms with Crippen LogP contribution in [0.4, 0.5) is 5.69 Å². The van der Waals surface area contributed by atoms with Crippen LogP contribution in [0.5, 0.6) is 17.2 Å². The van der Waals surface area contributed by atoms with Crippen LogP contribution in [0, 0.1) is 10.1 Å². The van der Waals surface area contributed by atoms with Gasteiger partial charge in [-0.05, 0) is 42.5 Å². The fraction of sp³-hybridized carbons (Fsp3) is 0.0833. The first-order chi connectivity index (χ1) is 15.4. The van der Waals surface area contributed by atoms with E-state index in [9.17, 15) is 19.7 Å². The first-order valence-corrected chi connectivity index (χ1v) is 9.43. The van der Waals surface area contributed by atoms with Crippen LogP contribution in [0.2, 0.25) is 0 Å². The molecule has 0 saturated carbocycles. The third kappa shape index (κ3) is 5.17. The predicted octanol–water partition coefficient (Wildman–Crippen LogP) is 4.73. The van der Waals surface area contributed by atoms with E-state index in [2.05, 4.69) is 0 Å². The number of methoxy groups -OCH3 is 2. The zero-order valence-corrected chi connectivity index (χ0v) is 17.3. The summed E-state index contributed by atoms with van der Waals surface area (Å²) in [5.74, 6) is -0.166. The van der Waals surface area contributed by atoms with Crippen LogP contribution in [0.1, 0.15) is 26.3 Å². The lowest BCUT2D eigenvalue weighted by molar-refractivity contribution is -0.384. The average molecular weight is 433 g/mol. The minimum Gasteiger partial charge on any atom is -0.497 e. The molecule has 0 unspecified atom stereocenters. The molecule has 8 heteroatoms. The first kappa shape index (κ1) is 22.2. The number of esters is 1. The number of ketones is 1. The van der Waals surface area contributed by atoms with Gasteiger partial charge < -0.3 is 14.2 Å². The first-order valence-electron chi connectivity index (χ1n) is 9.43. The molecule has 0 amide bonds. The molecule has 0 radical (unpaired) electrons. The SMILES string of the molecule is COc1ccc(C(=O)/C=C/c2ccccc2OC)c(OC(=O)c2ccc([N+](=O)[O-])cc2)c1. The van der Waals surface area contributed by atoms with Crippen molar-refractivity contribution in [3.63, 3.8) is 0 Å². The quantitative estimate of drug-likeness (QED) is 0.126. The number of carbonyl (C=O) groups is 2. The number of nitrogens with zero attached hydrogens (tertiary/aromatic N) is 1. The summed E-state index contributed by atoms with van der Waals surface area (Å²) < 4.78 is 15.9. The number of para-hydroxylation sites is 1. The summed E-state index contributed by atoms with van der Waals surface area (Å²) >= 11 is 0. The van der Waals surface area contributed by atoms with E-state index in [-0.39, 0.29) is 22.6 Å². The zero-order valence-electron chi connectivity index (χ0n) is 17.3. The van der Waals surface area contributed by atoms with Gasteiger partial charge in [0, 0.05) is 23.8 Å². The highest BCUT2D eigenvalue weighted by Gasteiger charge is 2.17. The number of nitro groups is 1. The van der Waals surface area contributed by atoms with Gasteiger partial charge in [-0.1, -0.05) is 18.2 Å². The number of ether oxygens (including phenoxy) is 3. The number of rotatable bonds is 8. The van der Waals surface area contributed by atoms with Crippen molar-refractivity contribution in [1.82, 2.24) is 0 Å². The van der Waals surface area contributed by atoms with Gasteiger partial charge in [-0.2, -0.15) is 0 Å². The Bertz CT molecular complexity index is 1180. The molecule has 8 nitrogen and oxygen atoms in total. The van der Waals surface area contributed by atoms with Crippen molar-refractivity contribution in [2.45, 2.75) is 0 Å². The lowest BCUT2D eigenvalue weighted by atomic mass is 10.1. The average Bonchev–Trinajstić information content (AvgIpc) is 2.82. The van der Waals surface area contributed by atoms with Crippen molar-refractivity contribution in [3.05, 3.63) is 99.6 Å². The maximum atomic E-state index is 12.8. The van der Waals surface area contributed by atoms with Gasteiger partial charge in [-0.25, -0.2) is 4.79 Å². The molecule has 3 aromatic rings. The normalized spacial score (nSPS) is 10.6. The largest absolute Gasteiger partial charge is 0.497 e. The second-order valence-corrected chi connectivity index (χ2v) is 6.50. The molecular weight excluding hydrogens is 414 g/mol. The fourth-order valence-corrected chi connectivity index (χ4v) is 2.86. The number of hydrogen-bond acceptors (Lipinski definition) is 7. The topological polar surface area (TPSA) is 105 Å². The van der Waals surface area contributed by atoms with Gasteiger partial charge in [0.05, 0.1) is 30.3 Å². The van der Waals surface area contributed by atoms with Crippen LogP contribution in [-0.4, -0.2) is 30.9 Å². The van der Waals surface area contributed by atoms with Gasteiger partial charge in [-0.15, -0.1) is 0 Å². The van der Waals surface area contributed by atoms with Gasteiger partial charge in [0.1, 0.15) is 17.2 Å². The summed E-state index contributed by atoms with van der Waals surface area (Å²) in [6, 6.07) is 16.7. The third-order valence-corrected chi connectivity index (χ3v) is 4.52.